The summed E-state index contributed by atoms with van der Waals surface area (Å²) in [6.07, 6.45) is -0.615. The first-order valence-electron chi connectivity index (χ1n) is 6.22. The van der Waals surface area contributed by atoms with Crippen LogP contribution in [0.25, 0.3) is 0 Å². The fraction of sp³-hybridized carbons (Fsp3) is 0.917. The summed E-state index contributed by atoms with van der Waals surface area (Å²) >= 11 is 0. The van der Waals surface area contributed by atoms with E-state index in [1.54, 1.807) is 13.8 Å². The van der Waals surface area contributed by atoms with Crippen LogP contribution < -0.4 is 0 Å². The third-order valence-electron chi connectivity index (χ3n) is 2.12. The minimum Gasteiger partial charge on any atom is -0.394 e. The Morgan fingerprint density at radius 2 is 1.95 bits per heavy atom. The molecule has 2 unspecified atom stereocenters. The van der Waals surface area contributed by atoms with Crippen LogP contribution in [0.4, 0.5) is 0 Å². The van der Waals surface area contributed by atoms with Gasteiger partial charge in [0.15, 0.2) is 0 Å². The van der Waals surface area contributed by atoms with E-state index in [9.17, 15) is 4.79 Å². The van der Waals surface area contributed by atoms with Gasteiger partial charge in [-0.05, 0) is 32.7 Å². The lowest BCUT2D eigenvalue weighted by atomic mass is 10.0. The van der Waals surface area contributed by atoms with E-state index in [2.05, 4.69) is 9.93 Å². The van der Waals surface area contributed by atoms with E-state index in [0.29, 0.717) is 6.42 Å². The van der Waals surface area contributed by atoms with Gasteiger partial charge in [-0.2, -0.15) is 4.89 Å². The normalized spacial score (nSPS) is 15.1. The Morgan fingerprint density at radius 1 is 1.32 bits per heavy atom. The second-order valence-corrected chi connectivity index (χ2v) is 5.03. The molecule has 0 radical (unpaired) electrons. The van der Waals surface area contributed by atoms with E-state index in [1.165, 1.54) is 6.92 Å². The van der Waals surface area contributed by atoms with Crippen LogP contribution in [-0.2, 0) is 24.3 Å². The zero-order valence-corrected chi connectivity index (χ0v) is 11.9. The maximum Gasteiger partial charge on any atom is 0.348 e. The van der Waals surface area contributed by atoms with Crippen LogP contribution in [0.5, 0.6) is 0 Å². The number of aliphatic hydroxyl groups excluding tert-OH is 2. The van der Waals surface area contributed by atoms with Gasteiger partial charge in [0, 0.05) is 6.42 Å². The molecule has 0 aromatic carbocycles. The van der Waals surface area contributed by atoms with Crippen molar-refractivity contribution in [2.24, 2.45) is 0 Å². The zero-order chi connectivity index (χ0) is 14.9. The first kappa shape index (κ1) is 18.3. The first-order chi connectivity index (χ1) is 8.76. The molecule has 19 heavy (non-hydrogen) atoms. The molecule has 0 aromatic heterocycles. The molecule has 2 atom stereocenters. The SMILES string of the molecule is CC(O)CC(=O)OOOC(C)(C)CC(C)OCCO. The summed E-state index contributed by atoms with van der Waals surface area (Å²) in [4.78, 5) is 20.4. The Labute approximate surface area is 113 Å². The topological polar surface area (TPSA) is 94.5 Å². The maximum atomic E-state index is 11.1. The lowest BCUT2D eigenvalue weighted by Gasteiger charge is -2.25. The largest absolute Gasteiger partial charge is 0.394 e. The number of rotatable bonds is 10. The monoisotopic (exact) mass is 280 g/mol. The lowest BCUT2D eigenvalue weighted by Crippen LogP contribution is -2.31. The van der Waals surface area contributed by atoms with E-state index >= 15 is 0 Å². The third-order valence-corrected chi connectivity index (χ3v) is 2.12. The van der Waals surface area contributed by atoms with E-state index in [4.69, 9.17) is 19.8 Å². The van der Waals surface area contributed by atoms with Crippen LogP contribution in [0, 0.1) is 0 Å². The van der Waals surface area contributed by atoms with Crippen molar-refractivity contribution in [2.75, 3.05) is 13.2 Å². The highest BCUT2D eigenvalue weighted by molar-refractivity contribution is 5.69. The molecule has 0 bridgehead atoms. The number of aliphatic hydroxyl groups is 2. The van der Waals surface area contributed by atoms with Crippen molar-refractivity contribution < 1.29 is 34.6 Å². The first-order valence-corrected chi connectivity index (χ1v) is 6.22. The fourth-order valence-corrected chi connectivity index (χ4v) is 1.46. The molecule has 0 aromatic rings. The minimum atomic E-state index is -0.795. The number of carbonyl (C=O) groups is 1. The zero-order valence-electron chi connectivity index (χ0n) is 11.9. The summed E-state index contributed by atoms with van der Waals surface area (Å²) in [5.41, 5.74) is -0.722. The lowest BCUT2D eigenvalue weighted by molar-refractivity contribution is -0.518. The van der Waals surface area contributed by atoms with Crippen molar-refractivity contribution >= 4 is 5.97 Å². The van der Waals surface area contributed by atoms with Gasteiger partial charge in [-0.1, -0.05) is 0 Å². The summed E-state index contributed by atoms with van der Waals surface area (Å²) in [6, 6.07) is 0. The number of ether oxygens (including phenoxy) is 1. The molecule has 0 saturated carbocycles. The van der Waals surface area contributed by atoms with Gasteiger partial charge in [0.05, 0.1) is 31.8 Å². The van der Waals surface area contributed by atoms with Crippen LogP contribution >= 0.6 is 0 Å². The Hall–Kier alpha value is -0.730. The summed E-state index contributed by atoms with van der Waals surface area (Å²) in [5, 5.41) is 22.0. The van der Waals surface area contributed by atoms with E-state index in [0.717, 1.165) is 0 Å². The molecule has 0 aliphatic heterocycles. The van der Waals surface area contributed by atoms with Gasteiger partial charge in [-0.3, -0.25) is 4.89 Å². The van der Waals surface area contributed by atoms with Crippen molar-refractivity contribution in [3.05, 3.63) is 0 Å². The Balaban J connectivity index is 3.86. The highest BCUT2D eigenvalue weighted by Crippen LogP contribution is 2.19. The molecular formula is C12H24O7. The Bertz CT molecular complexity index is 252. The summed E-state index contributed by atoms with van der Waals surface area (Å²) in [6.45, 7) is 7.00. The van der Waals surface area contributed by atoms with E-state index in [1.807, 2.05) is 6.92 Å². The van der Waals surface area contributed by atoms with Crippen molar-refractivity contribution in [3.8, 4) is 0 Å². The Kier molecular flexibility index (Phi) is 8.86. The average molecular weight is 280 g/mol. The fourth-order valence-electron chi connectivity index (χ4n) is 1.46. The molecule has 0 heterocycles. The van der Waals surface area contributed by atoms with E-state index < -0.39 is 17.7 Å². The molecule has 0 spiro atoms. The molecule has 0 aliphatic rings. The molecule has 0 saturated heterocycles. The number of carbonyl (C=O) groups excluding carboxylic acids is 1. The van der Waals surface area contributed by atoms with Gasteiger partial charge in [0.1, 0.15) is 5.60 Å². The average Bonchev–Trinajstić information content (AvgIpc) is 2.24. The Morgan fingerprint density at radius 3 is 2.47 bits per heavy atom. The second-order valence-electron chi connectivity index (χ2n) is 5.03. The molecule has 0 fully saturated rings. The molecular weight excluding hydrogens is 256 g/mol. The van der Waals surface area contributed by atoms with Gasteiger partial charge in [0.25, 0.3) is 0 Å². The van der Waals surface area contributed by atoms with Crippen molar-refractivity contribution in [1.82, 2.24) is 0 Å². The van der Waals surface area contributed by atoms with Crippen molar-refractivity contribution in [1.29, 1.82) is 0 Å². The van der Waals surface area contributed by atoms with Crippen LogP contribution in [0.1, 0.15) is 40.5 Å². The van der Waals surface area contributed by atoms with Crippen LogP contribution in [-0.4, -0.2) is 47.2 Å². The summed E-state index contributed by atoms with van der Waals surface area (Å²) < 4.78 is 5.28. The predicted molar refractivity (Wildman–Crippen MR) is 65.8 cm³/mol. The third kappa shape index (κ3) is 10.8. The molecule has 114 valence electrons. The number of hydrogen-bond donors (Lipinski definition) is 2. The quantitative estimate of drug-likeness (QED) is 0.450. The van der Waals surface area contributed by atoms with Crippen molar-refractivity contribution in [3.63, 3.8) is 0 Å². The summed E-state index contributed by atoms with van der Waals surface area (Å²) in [7, 11) is 0. The molecule has 7 nitrogen and oxygen atoms in total. The molecule has 0 aliphatic carbocycles. The smallest absolute Gasteiger partial charge is 0.348 e. The summed E-state index contributed by atoms with van der Waals surface area (Å²) in [5.74, 6) is -0.713. The van der Waals surface area contributed by atoms with E-state index in [-0.39, 0.29) is 25.7 Å². The van der Waals surface area contributed by atoms with Gasteiger partial charge in [-0.25, -0.2) is 4.79 Å². The molecule has 7 heteroatoms. The number of hydrogen-bond acceptors (Lipinski definition) is 7. The highest BCUT2D eigenvalue weighted by atomic mass is 17.5. The van der Waals surface area contributed by atoms with Gasteiger partial charge < -0.3 is 14.9 Å². The highest BCUT2D eigenvalue weighted by Gasteiger charge is 2.25. The molecule has 0 rings (SSSR count). The molecule has 0 amide bonds. The molecule has 2 N–H and O–H groups in total. The predicted octanol–water partition coefficient (Wildman–Crippen LogP) is 0.730. The standard InChI is InChI=1S/C12H24O7/c1-9(14)7-11(15)17-19-18-12(3,4)8-10(2)16-6-5-13/h9-10,13-14H,5-8H2,1-4H3. The second kappa shape index (κ2) is 9.22. The van der Waals surface area contributed by atoms with Crippen LogP contribution in [0.2, 0.25) is 0 Å². The minimum absolute atomic E-state index is 0.0426. The van der Waals surface area contributed by atoms with Gasteiger partial charge >= 0.3 is 5.97 Å². The van der Waals surface area contributed by atoms with Crippen LogP contribution in [0.3, 0.4) is 0 Å². The van der Waals surface area contributed by atoms with Gasteiger partial charge in [0.2, 0.25) is 0 Å². The van der Waals surface area contributed by atoms with Crippen LogP contribution in [0.15, 0.2) is 0 Å². The van der Waals surface area contributed by atoms with Crippen molar-refractivity contribution in [2.45, 2.75) is 58.3 Å². The maximum absolute atomic E-state index is 11.1. The van der Waals surface area contributed by atoms with Gasteiger partial charge in [-0.15, -0.1) is 0 Å².